The van der Waals surface area contributed by atoms with Gasteiger partial charge in [0.2, 0.25) is 0 Å². The Morgan fingerprint density at radius 2 is 1.79 bits per heavy atom. The van der Waals surface area contributed by atoms with Crippen molar-refractivity contribution < 1.29 is 5.11 Å². The van der Waals surface area contributed by atoms with Crippen molar-refractivity contribution in [1.29, 1.82) is 0 Å². The van der Waals surface area contributed by atoms with E-state index < -0.39 is 0 Å². The normalized spacial score (nSPS) is 25.8. The molecular formula is C20H37N3O. The second-order valence-electron chi connectivity index (χ2n) is 8.57. The summed E-state index contributed by atoms with van der Waals surface area (Å²) in [6, 6.07) is 0. The van der Waals surface area contributed by atoms with Crippen LogP contribution in [0.5, 0.6) is 0 Å². The van der Waals surface area contributed by atoms with Gasteiger partial charge in [-0.05, 0) is 68.6 Å². The third-order valence-electron chi connectivity index (χ3n) is 6.87. The number of nitrogens with zero attached hydrogens (tertiary/aromatic N) is 1. The van der Waals surface area contributed by atoms with Crippen LogP contribution in [0.4, 0.5) is 0 Å². The Balaban J connectivity index is 1.57. The van der Waals surface area contributed by atoms with Gasteiger partial charge in [-0.1, -0.05) is 25.7 Å². The zero-order valence-electron chi connectivity index (χ0n) is 15.6. The summed E-state index contributed by atoms with van der Waals surface area (Å²) in [5.74, 6) is 1.97. The Morgan fingerprint density at radius 1 is 1.04 bits per heavy atom. The molecule has 0 bridgehead atoms. The zero-order chi connectivity index (χ0) is 16.9. The van der Waals surface area contributed by atoms with E-state index in [4.69, 9.17) is 4.99 Å². The van der Waals surface area contributed by atoms with Crippen LogP contribution in [0.1, 0.15) is 77.6 Å². The molecule has 3 saturated carbocycles. The standard InChI is InChI=1S/C20H37N3O/c1-2-21-18(23-16-20(11-6-12-20)17-7-8-17)22-15-19(13-14-24)9-4-3-5-10-19/h17,24H,2-16H2,1H3,(H2,21,22,23). The zero-order valence-corrected chi connectivity index (χ0v) is 15.6. The third kappa shape index (κ3) is 4.25. The molecule has 3 rings (SSSR count). The maximum absolute atomic E-state index is 9.49. The first-order valence-electron chi connectivity index (χ1n) is 10.4. The number of aliphatic imine (C=N–C) groups is 1. The first kappa shape index (κ1) is 18.0. The topological polar surface area (TPSA) is 56.7 Å². The molecule has 3 aliphatic rings. The quantitative estimate of drug-likeness (QED) is 0.470. The van der Waals surface area contributed by atoms with Gasteiger partial charge < -0.3 is 15.7 Å². The van der Waals surface area contributed by atoms with Crippen molar-refractivity contribution >= 4 is 5.96 Å². The molecule has 0 heterocycles. The molecule has 0 aromatic heterocycles. The van der Waals surface area contributed by atoms with Crippen LogP contribution < -0.4 is 10.6 Å². The molecule has 0 aromatic carbocycles. The fraction of sp³-hybridized carbons (Fsp3) is 0.950. The lowest BCUT2D eigenvalue weighted by Crippen LogP contribution is -2.48. The number of rotatable bonds is 8. The molecule has 0 amide bonds. The molecule has 3 N–H and O–H groups in total. The van der Waals surface area contributed by atoms with E-state index in [1.54, 1.807) is 0 Å². The van der Waals surface area contributed by atoms with Crippen molar-refractivity contribution in [3.63, 3.8) is 0 Å². The third-order valence-corrected chi connectivity index (χ3v) is 6.87. The Hall–Kier alpha value is -0.770. The Labute approximate surface area is 147 Å². The molecule has 0 radical (unpaired) electrons. The van der Waals surface area contributed by atoms with Gasteiger partial charge in [0.1, 0.15) is 0 Å². The van der Waals surface area contributed by atoms with E-state index >= 15 is 0 Å². The first-order valence-corrected chi connectivity index (χ1v) is 10.4. The highest BCUT2D eigenvalue weighted by Crippen LogP contribution is 2.56. The van der Waals surface area contributed by atoms with Crippen LogP contribution in [0.3, 0.4) is 0 Å². The van der Waals surface area contributed by atoms with Crippen LogP contribution in [-0.2, 0) is 0 Å². The summed E-state index contributed by atoms with van der Waals surface area (Å²) in [6.07, 6.45) is 14.4. The maximum Gasteiger partial charge on any atom is 0.191 e. The lowest BCUT2D eigenvalue weighted by atomic mass is 9.65. The highest BCUT2D eigenvalue weighted by atomic mass is 16.3. The van der Waals surface area contributed by atoms with Crippen LogP contribution in [-0.4, -0.2) is 37.3 Å². The number of guanidine groups is 1. The van der Waals surface area contributed by atoms with Gasteiger partial charge in [0, 0.05) is 26.2 Å². The monoisotopic (exact) mass is 335 g/mol. The van der Waals surface area contributed by atoms with Gasteiger partial charge in [-0.25, -0.2) is 0 Å². The van der Waals surface area contributed by atoms with Crippen molar-refractivity contribution in [3.8, 4) is 0 Å². The van der Waals surface area contributed by atoms with Gasteiger partial charge in [-0.2, -0.15) is 0 Å². The molecule has 0 saturated heterocycles. The summed E-state index contributed by atoms with van der Waals surface area (Å²) in [6.45, 7) is 5.30. The SMILES string of the molecule is CCNC(=NCC1(CCO)CCCCC1)NCC1(C2CC2)CCC1. The Kier molecular flexibility index (Phi) is 6.07. The van der Waals surface area contributed by atoms with E-state index in [2.05, 4.69) is 17.6 Å². The van der Waals surface area contributed by atoms with Gasteiger partial charge >= 0.3 is 0 Å². The van der Waals surface area contributed by atoms with E-state index in [-0.39, 0.29) is 5.41 Å². The summed E-state index contributed by atoms with van der Waals surface area (Å²) >= 11 is 0. The van der Waals surface area contributed by atoms with Crippen LogP contribution in [0, 0.1) is 16.7 Å². The molecule has 0 spiro atoms. The summed E-state index contributed by atoms with van der Waals surface area (Å²) in [4.78, 5) is 4.95. The van der Waals surface area contributed by atoms with E-state index in [0.717, 1.165) is 37.9 Å². The van der Waals surface area contributed by atoms with Gasteiger partial charge in [0.05, 0.1) is 0 Å². The lowest BCUT2D eigenvalue weighted by molar-refractivity contribution is 0.105. The Morgan fingerprint density at radius 3 is 2.33 bits per heavy atom. The molecule has 0 aromatic rings. The first-order chi connectivity index (χ1) is 11.7. The minimum Gasteiger partial charge on any atom is -0.396 e. The smallest absolute Gasteiger partial charge is 0.191 e. The molecular weight excluding hydrogens is 298 g/mol. The number of aliphatic hydroxyl groups excluding tert-OH is 1. The van der Waals surface area contributed by atoms with Gasteiger partial charge in [0.15, 0.2) is 5.96 Å². The van der Waals surface area contributed by atoms with Crippen molar-refractivity contribution in [1.82, 2.24) is 10.6 Å². The molecule has 0 unspecified atom stereocenters. The molecule has 4 heteroatoms. The highest BCUT2D eigenvalue weighted by molar-refractivity contribution is 5.79. The molecule has 0 aliphatic heterocycles. The number of hydrogen-bond donors (Lipinski definition) is 3. The van der Waals surface area contributed by atoms with E-state index in [9.17, 15) is 5.11 Å². The van der Waals surface area contributed by atoms with Gasteiger partial charge in [0.25, 0.3) is 0 Å². The van der Waals surface area contributed by atoms with Crippen molar-refractivity contribution in [2.45, 2.75) is 77.6 Å². The van der Waals surface area contributed by atoms with Crippen molar-refractivity contribution in [2.75, 3.05) is 26.2 Å². The second kappa shape index (κ2) is 8.07. The van der Waals surface area contributed by atoms with Crippen molar-refractivity contribution in [3.05, 3.63) is 0 Å². The largest absolute Gasteiger partial charge is 0.396 e. The second-order valence-corrected chi connectivity index (χ2v) is 8.57. The number of nitrogens with one attached hydrogen (secondary N) is 2. The van der Waals surface area contributed by atoms with Crippen LogP contribution in [0.2, 0.25) is 0 Å². The number of aliphatic hydroxyl groups is 1. The summed E-state index contributed by atoms with van der Waals surface area (Å²) < 4.78 is 0. The molecule has 3 fully saturated rings. The summed E-state index contributed by atoms with van der Waals surface area (Å²) in [5.41, 5.74) is 0.809. The van der Waals surface area contributed by atoms with Crippen LogP contribution >= 0.6 is 0 Å². The molecule has 138 valence electrons. The predicted molar refractivity (Wildman–Crippen MR) is 100 cm³/mol. The molecule has 3 aliphatic carbocycles. The number of hydrogen-bond acceptors (Lipinski definition) is 2. The van der Waals surface area contributed by atoms with Gasteiger partial charge in [-0.15, -0.1) is 0 Å². The van der Waals surface area contributed by atoms with Crippen molar-refractivity contribution in [2.24, 2.45) is 21.7 Å². The fourth-order valence-corrected chi connectivity index (χ4v) is 4.93. The molecule has 24 heavy (non-hydrogen) atoms. The molecule has 4 nitrogen and oxygen atoms in total. The minimum absolute atomic E-state index is 0.236. The lowest BCUT2D eigenvalue weighted by Gasteiger charge is -2.43. The predicted octanol–water partition coefficient (Wildman–Crippen LogP) is 3.45. The summed E-state index contributed by atoms with van der Waals surface area (Å²) in [5, 5.41) is 16.6. The van der Waals surface area contributed by atoms with Gasteiger partial charge in [-0.3, -0.25) is 4.99 Å². The highest BCUT2D eigenvalue weighted by Gasteiger charge is 2.48. The van der Waals surface area contributed by atoms with E-state index in [1.807, 2.05) is 0 Å². The molecule has 0 atom stereocenters. The average molecular weight is 336 g/mol. The maximum atomic E-state index is 9.49. The fourth-order valence-electron chi connectivity index (χ4n) is 4.93. The minimum atomic E-state index is 0.236. The van der Waals surface area contributed by atoms with E-state index in [0.29, 0.717) is 12.0 Å². The Bertz CT molecular complexity index is 415. The average Bonchev–Trinajstić information content (AvgIpc) is 3.38. The summed E-state index contributed by atoms with van der Waals surface area (Å²) in [7, 11) is 0. The van der Waals surface area contributed by atoms with Crippen LogP contribution in [0.25, 0.3) is 0 Å². The van der Waals surface area contributed by atoms with Crippen LogP contribution in [0.15, 0.2) is 4.99 Å². The van der Waals surface area contributed by atoms with E-state index in [1.165, 1.54) is 64.2 Å².